The molecular weight excluding hydrogens is 358 g/mol. The molecule has 1 unspecified atom stereocenters. The summed E-state index contributed by atoms with van der Waals surface area (Å²) in [6, 6.07) is 3.71. The SMILES string of the molecule is Clc1cc(C(Cl)c2sccc2Cl)sc1Br. The van der Waals surface area contributed by atoms with Gasteiger partial charge in [-0.15, -0.1) is 34.3 Å². The van der Waals surface area contributed by atoms with Crippen LogP contribution < -0.4 is 0 Å². The smallest absolute Gasteiger partial charge is 0.103 e. The molecule has 0 saturated heterocycles. The van der Waals surface area contributed by atoms with Crippen LogP contribution in [0, 0.1) is 0 Å². The topological polar surface area (TPSA) is 0 Å². The Labute approximate surface area is 119 Å². The van der Waals surface area contributed by atoms with Gasteiger partial charge in [-0.05, 0) is 33.4 Å². The minimum Gasteiger partial charge on any atom is -0.145 e. The van der Waals surface area contributed by atoms with Gasteiger partial charge in [0.05, 0.1) is 13.8 Å². The van der Waals surface area contributed by atoms with E-state index in [1.165, 1.54) is 11.3 Å². The molecule has 2 aromatic rings. The van der Waals surface area contributed by atoms with Crippen molar-refractivity contribution in [1.82, 2.24) is 0 Å². The van der Waals surface area contributed by atoms with Gasteiger partial charge in [-0.3, -0.25) is 0 Å². The summed E-state index contributed by atoms with van der Waals surface area (Å²) in [6.45, 7) is 0. The van der Waals surface area contributed by atoms with Crippen LogP contribution in [-0.2, 0) is 0 Å². The first-order chi connectivity index (χ1) is 7.09. The first-order valence-corrected chi connectivity index (χ1v) is 7.59. The van der Waals surface area contributed by atoms with E-state index in [0.717, 1.165) is 13.5 Å². The van der Waals surface area contributed by atoms with Crippen LogP contribution in [0.3, 0.4) is 0 Å². The summed E-state index contributed by atoms with van der Waals surface area (Å²) in [5.41, 5.74) is 0. The molecule has 0 N–H and O–H groups in total. The second kappa shape index (κ2) is 4.94. The van der Waals surface area contributed by atoms with Gasteiger partial charge in [0.2, 0.25) is 0 Å². The molecule has 0 fully saturated rings. The molecule has 2 rings (SSSR count). The highest BCUT2D eigenvalue weighted by atomic mass is 79.9. The lowest BCUT2D eigenvalue weighted by molar-refractivity contribution is 1.24. The number of hydrogen-bond donors (Lipinski definition) is 0. The standard InChI is InChI=1S/C9H4BrCl3S2/c10-9-5(12)3-6(15-9)7(13)8-4(11)1-2-14-8/h1-3,7H. The van der Waals surface area contributed by atoms with Gasteiger partial charge in [-0.2, -0.15) is 0 Å². The van der Waals surface area contributed by atoms with Crippen molar-refractivity contribution in [1.29, 1.82) is 0 Å². The van der Waals surface area contributed by atoms with Crippen molar-refractivity contribution < 1.29 is 0 Å². The maximum absolute atomic E-state index is 6.32. The van der Waals surface area contributed by atoms with Crippen LogP contribution >= 0.6 is 73.4 Å². The zero-order valence-corrected chi connectivity index (χ0v) is 12.6. The van der Waals surface area contributed by atoms with Gasteiger partial charge in [0.1, 0.15) is 5.38 Å². The Morgan fingerprint density at radius 2 is 2.00 bits per heavy atom. The first kappa shape index (κ1) is 12.2. The van der Waals surface area contributed by atoms with E-state index >= 15 is 0 Å². The molecule has 15 heavy (non-hydrogen) atoms. The van der Waals surface area contributed by atoms with Crippen molar-refractivity contribution in [2.45, 2.75) is 5.38 Å². The summed E-state index contributed by atoms with van der Waals surface area (Å²) in [4.78, 5) is 1.96. The lowest BCUT2D eigenvalue weighted by Gasteiger charge is -2.04. The number of thiophene rings is 2. The minimum absolute atomic E-state index is 0.216. The molecule has 80 valence electrons. The van der Waals surface area contributed by atoms with Crippen LogP contribution in [0.15, 0.2) is 21.3 Å². The molecular formula is C9H4BrCl3S2. The monoisotopic (exact) mass is 360 g/mol. The van der Waals surface area contributed by atoms with E-state index in [1.807, 2.05) is 17.5 Å². The Bertz CT molecular complexity index is 458. The van der Waals surface area contributed by atoms with Crippen molar-refractivity contribution in [3.05, 3.63) is 41.1 Å². The molecule has 0 radical (unpaired) electrons. The van der Waals surface area contributed by atoms with E-state index in [4.69, 9.17) is 34.8 Å². The Balaban J connectivity index is 2.36. The van der Waals surface area contributed by atoms with Gasteiger partial charge in [-0.1, -0.05) is 23.2 Å². The quantitative estimate of drug-likeness (QED) is 0.557. The van der Waals surface area contributed by atoms with Crippen molar-refractivity contribution in [2.75, 3.05) is 0 Å². The second-order valence-corrected chi connectivity index (χ2v) is 7.37. The fourth-order valence-corrected chi connectivity index (χ4v) is 4.60. The maximum Gasteiger partial charge on any atom is 0.103 e. The Hall–Kier alpha value is 0.750. The molecule has 0 saturated carbocycles. The predicted octanol–water partition coefficient (Wildman–Crippen LogP) is 6.21. The van der Waals surface area contributed by atoms with E-state index in [2.05, 4.69) is 15.9 Å². The molecule has 2 aromatic heterocycles. The summed E-state index contributed by atoms with van der Waals surface area (Å²) in [5, 5.41) is 3.11. The van der Waals surface area contributed by atoms with Crippen molar-refractivity contribution in [3.63, 3.8) is 0 Å². The zero-order valence-electron chi connectivity index (χ0n) is 7.14. The molecule has 0 amide bonds. The van der Waals surface area contributed by atoms with Gasteiger partial charge >= 0.3 is 0 Å². The molecule has 0 aromatic carbocycles. The number of hydrogen-bond acceptors (Lipinski definition) is 2. The van der Waals surface area contributed by atoms with E-state index in [-0.39, 0.29) is 5.38 Å². The number of alkyl halides is 1. The fourth-order valence-electron chi connectivity index (χ4n) is 1.10. The van der Waals surface area contributed by atoms with Gasteiger partial charge < -0.3 is 0 Å². The third-order valence-electron chi connectivity index (χ3n) is 1.79. The number of rotatable bonds is 2. The molecule has 0 nitrogen and oxygen atoms in total. The van der Waals surface area contributed by atoms with Crippen molar-refractivity contribution in [3.8, 4) is 0 Å². The van der Waals surface area contributed by atoms with E-state index in [1.54, 1.807) is 11.3 Å². The third kappa shape index (κ3) is 2.54. The Morgan fingerprint density at radius 1 is 1.27 bits per heavy atom. The molecule has 0 bridgehead atoms. The molecule has 0 aliphatic rings. The molecule has 0 spiro atoms. The van der Waals surface area contributed by atoms with Gasteiger partial charge in [0, 0.05) is 9.75 Å². The number of halogens is 4. The van der Waals surface area contributed by atoms with E-state index < -0.39 is 0 Å². The highest BCUT2D eigenvalue weighted by molar-refractivity contribution is 9.11. The average Bonchev–Trinajstić information content (AvgIpc) is 2.74. The summed E-state index contributed by atoms with van der Waals surface area (Å²) in [6.07, 6.45) is 0. The normalized spacial score (nSPS) is 13.1. The lowest BCUT2D eigenvalue weighted by Crippen LogP contribution is -1.85. The Morgan fingerprint density at radius 3 is 2.47 bits per heavy atom. The first-order valence-electron chi connectivity index (χ1n) is 3.91. The van der Waals surface area contributed by atoms with Gasteiger partial charge in [0.25, 0.3) is 0 Å². The van der Waals surface area contributed by atoms with Gasteiger partial charge in [0.15, 0.2) is 0 Å². The van der Waals surface area contributed by atoms with Crippen molar-refractivity contribution in [2.24, 2.45) is 0 Å². The maximum atomic E-state index is 6.32. The van der Waals surface area contributed by atoms with Crippen LogP contribution in [0.4, 0.5) is 0 Å². The molecule has 1 atom stereocenters. The average molecular weight is 363 g/mol. The summed E-state index contributed by atoms with van der Waals surface area (Å²) in [7, 11) is 0. The largest absolute Gasteiger partial charge is 0.145 e. The van der Waals surface area contributed by atoms with Crippen LogP contribution in [0.25, 0.3) is 0 Å². The lowest BCUT2D eigenvalue weighted by atomic mass is 10.3. The summed E-state index contributed by atoms with van der Waals surface area (Å²) < 4.78 is 0.900. The summed E-state index contributed by atoms with van der Waals surface area (Å²) >= 11 is 24.7. The molecule has 2 heterocycles. The van der Waals surface area contributed by atoms with E-state index in [9.17, 15) is 0 Å². The zero-order chi connectivity index (χ0) is 11.0. The highest BCUT2D eigenvalue weighted by Crippen LogP contribution is 2.43. The van der Waals surface area contributed by atoms with Crippen molar-refractivity contribution >= 4 is 73.4 Å². The fraction of sp³-hybridized carbons (Fsp3) is 0.111. The minimum atomic E-state index is -0.216. The highest BCUT2D eigenvalue weighted by Gasteiger charge is 2.19. The predicted molar refractivity (Wildman–Crippen MR) is 74.1 cm³/mol. The van der Waals surface area contributed by atoms with Crippen LogP contribution in [0.1, 0.15) is 15.1 Å². The molecule has 0 aliphatic heterocycles. The second-order valence-electron chi connectivity index (χ2n) is 2.77. The third-order valence-corrected chi connectivity index (χ3v) is 6.46. The Kier molecular flexibility index (Phi) is 4.03. The molecule has 0 aliphatic carbocycles. The van der Waals surface area contributed by atoms with Crippen LogP contribution in [0.5, 0.6) is 0 Å². The van der Waals surface area contributed by atoms with Crippen LogP contribution in [0.2, 0.25) is 10.0 Å². The molecule has 6 heteroatoms. The summed E-state index contributed by atoms with van der Waals surface area (Å²) in [5.74, 6) is 0. The van der Waals surface area contributed by atoms with Crippen LogP contribution in [-0.4, -0.2) is 0 Å². The van der Waals surface area contributed by atoms with E-state index in [0.29, 0.717) is 10.0 Å². The van der Waals surface area contributed by atoms with Gasteiger partial charge in [-0.25, -0.2) is 0 Å².